The molecule has 0 saturated carbocycles. The molecule has 0 aliphatic heterocycles. The fourth-order valence-corrected chi connectivity index (χ4v) is 3.03. The van der Waals surface area contributed by atoms with E-state index in [2.05, 4.69) is 10.3 Å². The van der Waals surface area contributed by atoms with Crippen molar-refractivity contribution < 1.29 is 13.9 Å². The van der Waals surface area contributed by atoms with Crippen LogP contribution in [-0.2, 0) is 9.53 Å². The number of benzene rings is 3. The summed E-state index contributed by atoms with van der Waals surface area (Å²) in [7, 11) is 0. The number of ether oxygens (including phenoxy) is 1. The monoisotopic (exact) mass is 374 g/mol. The smallest absolute Gasteiger partial charge is 0.408 e. The van der Waals surface area contributed by atoms with Crippen LogP contribution in [0.5, 0.6) is 0 Å². The zero-order chi connectivity index (χ0) is 19.3. The molecule has 1 amide bonds. The highest BCUT2D eigenvalue weighted by Crippen LogP contribution is 2.25. The number of fused-ring (bicyclic) bond motifs is 1. The van der Waals surface area contributed by atoms with Gasteiger partial charge < -0.3 is 14.5 Å². The Bertz CT molecular complexity index is 1090. The van der Waals surface area contributed by atoms with Crippen molar-refractivity contribution in [1.82, 2.24) is 4.98 Å². The molecule has 6 heteroatoms. The normalized spacial score (nSPS) is 11.0. The second-order valence-electron chi connectivity index (χ2n) is 6.29. The van der Waals surface area contributed by atoms with Crippen LogP contribution in [-0.4, -0.2) is 17.5 Å². The van der Waals surface area contributed by atoms with Gasteiger partial charge in [-0.05, 0) is 29.3 Å². The maximum Gasteiger partial charge on any atom is 0.417 e. The third kappa shape index (κ3) is 4.02. The molecule has 0 aliphatic carbocycles. The van der Waals surface area contributed by atoms with Gasteiger partial charge in [0, 0.05) is 5.69 Å². The summed E-state index contributed by atoms with van der Waals surface area (Å²) >= 11 is 0. The molecule has 0 saturated heterocycles. The summed E-state index contributed by atoms with van der Waals surface area (Å²) in [6.07, 6.45) is -0.346. The predicted octanol–water partition coefficient (Wildman–Crippen LogP) is 3.87. The van der Waals surface area contributed by atoms with E-state index in [1.165, 1.54) is 0 Å². The summed E-state index contributed by atoms with van der Waals surface area (Å²) in [4.78, 5) is 26.2. The van der Waals surface area contributed by atoms with E-state index in [4.69, 9.17) is 9.15 Å². The average molecular weight is 374 g/mol. The number of anilines is 1. The fourth-order valence-electron chi connectivity index (χ4n) is 3.03. The molecule has 1 heterocycles. The Morgan fingerprint density at radius 1 is 0.964 bits per heavy atom. The molecule has 3 aromatic carbocycles. The number of rotatable bonds is 6. The van der Waals surface area contributed by atoms with Crippen molar-refractivity contribution in [1.29, 1.82) is 0 Å². The van der Waals surface area contributed by atoms with E-state index in [0.29, 0.717) is 16.8 Å². The molecule has 0 fully saturated rings. The molecular formula is C22H18N2O4. The highest BCUT2D eigenvalue weighted by Gasteiger charge is 2.16. The topological polar surface area (TPSA) is 84.3 Å². The van der Waals surface area contributed by atoms with Crippen LogP contribution in [0.4, 0.5) is 5.69 Å². The molecule has 4 aromatic rings. The van der Waals surface area contributed by atoms with Crippen LogP contribution >= 0.6 is 0 Å². The van der Waals surface area contributed by atoms with Gasteiger partial charge in [-0.2, -0.15) is 0 Å². The van der Waals surface area contributed by atoms with E-state index in [-0.39, 0.29) is 18.6 Å². The van der Waals surface area contributed by atoms with Crippen LogP contribution in [0, 0.1) is 0 Å². The number of hydrogen-bond donors (Lipinski definition) is 2. The van der Waals surface area contributed by atoms with Gasteiger partial charge in [0.2, 0.25) is 5.91 Å². The first-order valence-electron chi connectivity index (χ1n) is 8.83. The second-order valence-corrected chi connectivity index (χ2v) is 6.29. The molecule has 4 rings (SSSR count). The van der Waals surface area contributed by atoms with Gasteiger partial charge in [-0.3, -0.25) is 9.78 Å². The summed E-state index contributed by atoms with van der Waals surface area (Å²) in [5.74, 6) is -0.822. The van der Waals surface area contributed by atoms with E-state index < -0.39 is 5.76 Å². The first-order chi connectivity index (χ1) is 13.7. The maximum absolute atomic E-state index is 12.4. The van der Waals surface area contributed by atoms with Gasteiger partial charge >= 0.3 is 5.76 Å². The van der Waals surface area contributed by atoms with Gasteiger partial charge in [-0.25, -0.2) is 4.79 Å². The summed E-state index contributed by atoms with van der Waals surface area (Å²) in [6.45, 7) is -0.117. The second kappa shape index (κ2) is 7.94. The number of carbonyl (C=O) groups excluding carboxylic acids is 1. The fraction of sp³-hybridized carbons (Fsp3) is 0.0909. The van der Waals surface area contributed by atoms with Crippen LogP contribution in [0.1, 0.15) is 17.2 Å². The Labute approximate surface area is 160 Å². The van der Waals surface area contributed by atoms with Crippen molar-refractivity contribution in [3.8, 4) is 0 Å². The lowest BCUT2D eigenvalue weighted by Gasteiger charge is -2.18. The number of hydrogen-bond acceptors (Lipinski definition) is 4. The molecule has 1 aromatic heterocycles. The first-order valence-corrected chi connectivity index (χ1v) is 8.83. The number of H-pyrrole nitrogens is 1. The Balaban J connectivity index is 1.47. The van der Waals surface area contributed by atoms with Crippen LogP contribution in [0.15, 0.2) is 88.1 Å². The number of nitrogens with one attached hydrogen (secondary N) is 2. The zero-order valence-electron chi connectivity index (χ0n) is 14.9. The quantitative estimate of drug-likeness (QED) is 0.537. The molecule has 2 N–H and O–H groups in total. The van der Waals surface area contributed by atoms with Crippen molar-refractivity contribution in [2.75, 3.05) is 11.9 Å². The number of aromatic nitrogens is 1. The molecular weight excluding hydrogens is 356 g/mol. The molecule has 0 radical (unpaired) electrons. The van der Waals surface area contributed by atoms with Crippen molar-refractivity contribution in [2.45, 2.75) is 6.10 Å². The van der Waals surface area contributed by atoms with E-state index in [1.807, 2.05) is 60.7 Å². The lowest BCUT2D eigenvalue weighted by molar-refractivity contribution is -0.121. The van der Waals surface area contributed by atoms with Crippen LogP contribution in [0.2, 0.25) is 0 Å². The van der Waals surface area contributed by atoms with Crippen LogP contribution in [0.25, 0.3) is 11.1 Å². The molecule has 0 spiro atoms. The minimum atomic E-state index is -0.532. The lowest BCUT2D eigenvalue weighted by Crippen LogP contribution is -2.20. The SMILES string of the molecule is O=C(COC(c1ccccc1)c1ccccc1)Nc1ccc2oc(=O)[nH]c2c1. The molecule has 0 aliphatic rings. The average Bonchev–Trinajstić information content (AvgIpc) is 3.09. The molecule has 140 valence electrons. The van der Waals surface area contributed by atoms with Crippen molar-refractivity contribution >= 4 is 22.7 Å². The van der Waals surface area contributed by atoms with Crippen LogP contribution < -0.4 is 11.1 Å². The van der Waals surface area contributed by atoms with E-state index >= 15 is 0 Å². The van der Waals surface area contributed by atoms with Crippen molar-refractivity contribution in [2.24, 2.45) is 0 Å². The standard InChI is InChI=1S/C22H18N2O4/c25-20(23-17-11-12-19-18(13-17)24-22(26)28-19)14-27-21(15-7-3-1-4-8-15)16-9-5-2-6-10-16/h1-13,21H,14H2,(H,23,25)(H,24,26). The Kier molecular flexibility index (Phi) is 5.03. The Hall–Kier alpha value is -3.64. The third-order valence-electron chi connectivity index (χ3n) is 4.29. The van der Waals surface area contributed by atoms with Gasteiger partial charge in [0.1, 0.15) is 12.7 Å². The molecule has 0 unspecified atom stereocenters. The number of aromatic amines is 1. The first kappa shape index (κ1) is 17.8. The summed E-state index contributed by atoms with van der Waals surface area (Å²) in [5, 5.41) is 2.77. The highest BCUT2D eigenvalue weighted by molar-refractivity contribution is 5.93. The molecule has 0 atom stereocenters. The zero-order valence-corrected chi connectivity index (χ0v) is 14.9. The largest absolute Gasteiger partial charge is 0.417 e. The maximum atomic E-state index is 12.4. The van der Waals surface area contributed by atoms with E-state index in [0.717, 1.165) is 11.1 Å². The Morgan fingerprint density at radius 3 is 2.25 bits per heavy atom. The molecule has 0 bridgehead atoms. The Morgan fingerprint density at radius 2 is 1.61 bits per heavy atom. The number of oxazole rings is 1. The predicted molar refractivity (Wildman–Crippen MR) is 106 cm³/mol. The number of carbonyl (C=O) groups is 1. The van der Waals surface area contributed by atoms with Gasteiger partial charge in [0.15, 0.2) is 5.58 Å². The highest BCUT2D eigenvalue weighted by atomic mass is 16.5. The summed E-state index contributed by atoms with van der Waals surface area (Å²) < 4.78 is 10.9. The minimum Gasteiger partial charge on any atom is -0.408 e. The minimum absolute atomic E-state index is 0.117. The number of amides is 1. The molecule has 28 heavy (non-hydrogen) atoms. The van der Waals surface area contributed by atoms with Crippen molar-refractivity contribution in [3.05, 3.63) is 101 Å². The van der Waals surface area contributed by atoms with Gasteiger partial charge in [0.25, 0.3) is 0 Å². The van der Waals surface area contributed by atoms with Gasteiger partial charge in [-0.15, -0.1) is 0 Å². The van der Waals surface area contributed by atoms with Crippen LogP contribution in [0.3, 0.4) is 0 Å². The van der Waals surface area contributed by atoms with Crippen molar-refractivity contribution in [3.63, 3.8) is 0 Å². The lowest BCUT2D eigenvalue weighted by atomic mass is 10.0. The van der Waals surface area contributed by atoms with E-state index in [1.54, 1.807) is 18.2 Å². The van der Waals surface area contributed by atoms with Gasteiger partial charge in [-0.1, -0.05) is 60.7 Å². The van der Waals surface area contributed by atoms with Gasteiger partial charge in [0.05, 0.1) is 5.52 Å². The van der Waals surface area contributed by atoms with E-state index in [9.17, 15) is 9.59 Å². The third-order valence-corrected chi connectivity index (χ3v) is 4.29. The molecule has 6 nitrogen and oxygen atoms in total. The summed E-state index contributed by atoms with van der Waals surface area (Å²) in [5.41, 5.74) is 3.45. The summed E-state index contributed by atoms with van der Waals surface area (Å²) in [6, 6.07) is 24.5.